The summed E-state index contributed by atoms with van der Waals surface area (Å²) in [5.74, 6) is -1.36. The first-order chi connectivity index (χ1) is 15.0. The van der Waals surface area contributed by atoms with Crippen molar-refractivity contribution in [2.45, 2.75) is 39.0 Å². The standard InChI is InChI=1S/C19H20F3NO9/c1-11-7-12(2)15-13(8-11)9-14(16(32-15)19(20,21)22)17(24)29-10-30-18(25)28-5-3-4-6-31-23(26)27/h7-9,16H,3-6,10H2,1-2H3/t16-/m0/s1. The molecular weight excluding hydrogens is 443 g/mol. The number of carbonyl (C=O) groups excluding carboxylic acids is 2. The Bertz CT molecular complexity index is 899. The lowest BCUT2D eigenvalue weighted by molar-refractivity contribution is -0.757. The summed E-state index contributed by atoms with van der Waals surface area (Å²) >= 11 is 0. The number of unbranched alkanes of at least 4 members (excludes halogenated alkanes) is 1. The van der Waals surface area contributed by atoms with Crippen molar-refractivity contribution in [2.75, 3.05) is 20.0 Å². The molecule has 0 unspecified atom stereocenters. The van der Waals surface area contributed by atoms with E-state index in [9.17, 15) is 32.9 Å². The normalized spacial score (nSPS) is 15.0. The van der Waals surface area contributed by atoms with Crippen molar-refractivity contribution < 1.29 is 51.6 Å². The van der Waals surface area contributed by atoms with Crippen LogP contribution in [0.4, 0.5) is 18.0 Å². The second-order valence-electron chi connectivity index (χ2n) is 6.70. The molecule has 0 fully saturated rings. The van der Waals surface area contributed by atoms with E-state index >= 15 is 0 Å². The van der Waals surface area contributed by atoms with E-state index in [2.05, 4.69) is 19.0 Å². The van der Waals surface area contributed by atoms with Crippen molar-refractivity contribution in [2.24, 2.45) is 0 Å². The molecule has 0 bridgehead atoms. The average Bonchev–Trinajstić information content (AvgIpc) is 2.68. The van der Waals surface area contributed by atoms with Crippen molar-refractivity contribution in [1.82, 2.24) is 0 Å². The highest BCUT2D eigenvalue weighted by molar-refractivity contribution is 5.96. The molecule has 0 N–H and O–H groups in total. The fraction of sp³-hybridized carbons (Fsp3) is 0.474. The Morgan fingerprint density at radius 2 is 1.81 bits per heavy atom. The number of rotatable bonds is 9. The van der Waals surface area contributed by atoms with Gasteiger partial charge in [-0.2, -0.15) is 13.2 Å². The zero-order chi connectivity index (χ0) is 23.9. The van der Waals surface area contributed by atoms with Gasteiger partial charge in [0.15, 0.2) is 0 Å². The molecule has 0 saturated heterocycles. The van der Waals surface area contributed by atoms with E-state index in [0.717, 1.165) is 11.6 Å². The molecule has 2 rings (SSSR count). The summed E-state index contributed by atoms with van der Waals surface area (Å²) in [5.41, 5.74) is 0.735. The van der Waals surface area contributed by atoms with E-state index in [-0.39, 0.29) is 37.4 Å². The summed E-state index contributed by atoms with van der Waals surface area (Å²) in [5, 5.41) is 9.00. The maximum Gasteiger partial charge on any atom is 0.511 e. The van der Waals surface area contributed by atoms with Crippen LogP contribution in [-0.2, 0) is 23.8 Å². The monoisotopic (exact) mass is 463 g/mol. The Hall–Kier alpha value is -3.51. The van der Waals surface area contributed by atoms with Crippen LogP contribution in [0.15, 0.2) is 17.7 Å². The van der Waals surface area contributed by atoms with Crippen LogP contribution < -0.4 is 4.74 Å². The Morgan fingerprint density at radius 1 is 1.12 bits per heavy atom. The molecule has 1 aromatic carbocycles. The topological polar surface area (TPSA) is 123 Å². The summed E-state index contributed by atoms with van der Waals surface area (Å²) in [7, 11) is 0. The van der Waals surface area contributed by atoms with E-state index in [1.165, 1.54) is 0 Å². The largest absolute Gasteiger partial charge is 0.511 e. The van der Waals surface area contributed by atoms with Crippen LogP contribution in [-0.4, -0.2) is 49.5 Å². The number of halogens is 3. The summed E-state index contributed by atoms with van der Waals surface area (Å²) in [6.07, 6.45) is -7.17. The number of alkyl halides is 3. The van der Waals surface area contributed by atoms with Crippen molar-refractivity contribution in [3.8, 4) is 5.75 Å². The highest BCUT2D eigenvalue weighted by Crippen LogP contribution is 2.39. The first kappa shape index (κ1) is 24.8. The first-order valence-corrected chi connectivity index (χ1v) is 9.29. The number of fused-ring (bicyclic) bond motifs is 1. The van der Waals surface area contributed by atoms with Gasteiger partial charge in [0.25, 0.3) is 5.09 Å². The quantitative estimate of drug-likeness (QED) is 0.177. The van der Waals surface area contributed by atoms with Gasteiger partial charge in [0.1, 0.15) is 5.75 Å². The minimum absolute atomic E-state index is 0.0120. The SMILES string of the molecule is Cc1cc(C)c2c(c1)C=C(C(=O)OCOC(=O)OCCCCO[N+](=O)[O-])[C@@H](C(F)(F)F)O2. The van der Waals surface area contributed by atoms with Crippen molar-refractivity contribution in [1.29, 1.82) is 0 Å². The molecule has 0 spiro atoms. The maximum atomic E-state index is 13.5. The molecule has 1 aromatic rings. The smallest absolute Gasteiger partial charge is 0.475 e. The van der Waals surface area contributed by atoms with Gasteiger partial charge in [0, 0.05) is 5.56 Å². The first-order valence-electron chi connectivity index (χ1n) is 9.29. The van der Waals surface area contributed by atoms with Gasteiger partial charge in [-0.3, -0.25) is 0 Å². The van der Waals surface area contributed by atoms with Gasteiger partial charge in [0.2, 0.25) is 12.9 Å². The van der Waals surface area contributed by atoms with Crippen LogP contribution in [0.2, 0.25) is 0 Å². The van der Waals surface area contributed by atoms with Gasteiger partial charge in [-0.25, -0.2) is 9.59 Å². The Morgan fingerprint density at radius 3 is 2.47 bits per heavy atom. The number of carbonyl (C=O) groups is 2. The Balaban J connectivity index is 1.90. The summed E-state index contributed by atoms with van der Waals surface area (Å²) < 4.78 is 59.2. The van der Waals surface area contributed by atoms with E-state index in [1.807, 2.05) is 0 Å². The second-order valence-corrected chi connectivity index (χ2v) is 6.70. The van der Waals surface area contributed by atoms with E-state index < -0.39 is 41.9 Å². The van der Waals surface area contributed by atoms with Gasteiger partial charge < -0.3 is 23.8 Å². The van der Waals surface area contributed by atoms with Crippen molar-refractivity contribution >= 4 is 18.2 Å². The average molecular weight is 463 g/mol. The molecule has 0 aliphatic carbocycles. The minimum Gasteiger partial charge on any atom is -0.475 e. The predicted molar refractivity (Wildman–Crippen MR) is 99.9 cm³/mol. The lowest BCUT2D eigenvalue weighted by atomic mass is 9.97. The third kappa shape index (κ3) is 7.03. The van der Waals surface area contributed by atoms with Crippen LogP contribution >= 0.6 is 0 Å². The molecule has 176 valence electrons. The second kappa shape index (κ2) is 10.7. The van der Waals surface area contributed by atoms with Crippen molar-refractivity contribution in [3.05, 3.63) is 44.5 Å². The molecule has 0 aromatic heterocycles. The van der Waals surface area contributed by atoms with Crippen LogP contribution in [0.5, 0.6) is 5.75 Å². The van der Waals surface area contributed by atoms with E-state index in [0.29, 0.717) is 5.56 Å². The number of ether oxygens (including phenoxy) is 4. The highest BCUT2D eigenvalue weighted by atomic mass is 19.4. The third-order valence-corrected chi connectivity index (χ3v) is 4.13. The van der Waals surface area contributed by atoms with Gasteiger partial charge in [-0.05, 0) is 44.4 Å². The summed E-state index contributed by atoms with van der Waals surface area (Å²) in [6.45, 7) is 2.01. The number of hydrogen-bond donors (Lipinski definition) is 0. The van der Waals surface area contributed by atoms with Crippen LogP contribution in [0.1, 0.15) is 29.5 Å². The fourth-order valence-electron chi connectivity index (χ4n) is 2.84. The number of nitrogens with zero attached hydrogens (tertiary/aromatic N) is 1. The van der Waals surface area contributed by atoms with Gasteiger partial charge in [-0.15, -0.1) is 10.1 Å². The molecule has 32 heavy (non-hydrogen) atoms. The van der Waals surface area contributed by atoms with E-state index in [1.54, 1.807) is 26.0 Å². The lowest BCUT2D eigenvalue weighted by Gasteiger charge is -2.29. The highest BCUT2D eigenvalue weighted by Gasteiger charge is 2.49. The number of hydrogen-bond acceptors (Lipinski definition) is 9. The van der Waals surface area contributed by atoms with Crippen LogP contribution in [0.3, 0.4) is 0 Å². The molecule has 0 amide bonds. The predicted octanol–water partition coefficient (Wildman–Crippen LogP) is 3.65. The minimum atomic E-state index is -4.89. The van der Waals surface area contributed by atoms with Gasteiger partial charge >= 0.3 is 18.3 Å². The van der Waals surface area contributed by atoms with E-state index in [4.69, 9.17) is 4.74 Å². The van der Waals surface area contributed by atoms with Gasteiger partial charge in [0.05, 0.1) is 18.8 Å². The van der Waals surface area contributed by atoms with Crippen LogP contribution in [0.25, 0.3) is 6.08 Å². The molecule has 0 radical (unpaired) electrons. The third-order valence-electron chi connectivity index (χ3n) is 4.13. The zero-order valence-corrected chi connectivity index (χ0v) is 17.1. The molecule has 1 atom stereocenters. The maximum absolute atomic E-state index is 13.5. The zero-order valence-electron chi connectivity index (χ0n) is 17.1. The Kier molecular flexibility index (Phi) is 8.27. The number of benzene rings is 1. The fourth-order valence-corrected chi connectivity index (χ4v) is 2.84. The summed E-state index contributed by atoms with van der Waals surface area (Å²) in [6, 6.07) is 3.21. The lowest BCUT2D eigenvalue weighted by Crippen LogP contribution is -2.41. The molecule has 10 nitrogen and oxygen atoms in total. The molecular formula is C19H20F3NO9. The number of esters is 1. The van der Waals surface area contributed by atoms with Crippen LogP contribution in [0, 0.1) is 24.0 Å². The molecule has 1 aliphatic rings. The van der Waals surface area contributed by atoms with Crippen molar-refractivity contribution in [3.63, 3.8) is 0 Å². The molecule has 0 saturated carbocycles. The molecule has 1 heterocycles. The summed E-state index contributed by atoms with van der Waals surface area (Å²) in [4.78, 5) is 37.7. The van der Waals surface area contributed by atoms with Gasteiger partial charge in [-0.1, -0.05) is 11.6 Å². The molecule has 1 aliphatic heterocycles. The number of aryl methyl sites for hydroxylation is 2. The Labute approximate surface area is 179 Å². The molecule has 13 heteroatoms.